The number of ether oxygens (including phenoxy) is 1. The zero-order valence-corrected chi connectivity index (χ0v) is 13.5. The Morgan fingerprint density at radius 3 is 2.70 bits per heavy atom. The average Bonchev–Trinajstić information content (AvgIpc) is 3.15. The number of rotatable bonds is 5. The first-order chi connectivity index (χ1) is 11.3. The zero-order valence-electron chi connectivity index (χ0n) is 12.7. The normalized spacial score (nSPS) is 10.3. The van der Waals surface area contributed by atoms with Gasteiger partial charge in [-0.2, -0.15) is 0 Å². The van der Waals surface area contributed by atoms with Crippen molar-refractivity contribution in [1.29, 1.82) is 0 Å². The highest BCUT2D eigenvalue weighted by atomic mass is 32.1. The molecule has 0 radical (unpaired) electrons. The van der Waals surface area contributed by atoms with Gasteiger partial charge in [-0.3, -0.25) is 9.78 Å². The molecule has 3 aromatic rings. The molecule has 0 aliphatic heterocycles. The smallest absolute Gasteiger partial charge is 0.261 e. The molecule has 0 aliphatic carbocycles. The molecule has 23 heavy (non-hydrogen) atoms. The third-order valence-corrected chi connectivity index (χ3v) is 4.31. The van der Waals surface area contributed by atoms with Crippen LogP contribution in [0.3, 0.4) is 0 Å². The molecule has 0 atom stereocenters. The van der Waals surface area contributed by atoms with Crippen LogP contribution in [0.4, 0.5) is 0 Å². The van der Waals surface area contributed by atoms with Crippen LogP contribution in [-0.4, -0.2) is 18.0 Å². The summed E-state index contributed by atoms with van der Waals surface area (Å²) < 4.78 is 5.18. The van der Waals surface area contributed by atoms with Gasteiger partial charge in [-0.1, -0.05) is 12.1 Å². The highest BCUT2D eigenvalue weighted by Gasteiger charge is 2.10. The number of pyridine rings is 1. The SMILES string of the molecule is COc1ccc(-c2ncccc2CNC(=O)c2cccs2)cc1. The van der Waals surface area contributed by atoms with Crippen LogP contribution < -0.4 is 10.1 Å². The lowest BCUT2D eigenvalue weighted by Crippen LogP contribution is -2.22. The van der Waals surface area contributed by atoms with Crippen molar-refractivity contribution in [3.63, 3.8) is 0 Å². The summed E-state index contributed by atoms with van der Waals surface area (Å²) in [6.45, 7) is 0.436. The summed E-state index contributed by atoms with van der Waals surface area (Å²) in [6.07, 6.45) is 1.75. The quantitative estimate of drug-likeness (QED) is 0.777. The maximum Gasteiger partial charge on any atom is 0.261 e. The summed E-state index contributed by atoms with van der Waals surface area (Å²) in [7, 11) is 1.64. The third-order valence-electron chi connectivity index (χ3n) is 3.44. The van der Waals surface area contributed by atoms with E-state index in [4.69, 9.17) is 4.74 Å². The van der Waals surface area contributed by atoms with Crippen molar-refractivity contribution in [2.24, 2.45) is 0 Å². The standard InChI is InChI=1S/C18H16N2O2S/c1-22-15-8-6-13(7-9-15)17-14(4-2-10-19-17)12-20-18(21)16-5-3-11-23-16/h2-11H,12H2,1H3,(H,20,21). The fourth-order valence-electron chi connectivity index (χ4n) is 2.26. The Balaban J connectivity index is 1.78. The number of nitrogens with one attached hydrogen (secondary N) is 1. The number of thiophene rings is 1. The fourth-order valence-corrected chi connectivity index (χ4v) is 2.90. The molecule has 0 fully saturated rings. The van der Waals surface area contributed by atoms with E-state index < -0.39 is 0 Å². The van der Waals surface area contributed by atoms with Crippen molar-refractivity contribution < 1.29 is 9.53 Å². The van der Waals surface area contributed by atoms with E-state index in [1.54, 1.807) is 13.3 Å². The molecule has 0 unspecified atom stereocenters. The Bertz CT molecular complexity index is 783. The largest absolute Gasteiger partial charge is 0.497 e. The molecule has 2 aromatic heterocycles. The second kappa shape index (κ2) is 7.07. The van der Waals surface area contributed by atoms with E-state index in [1.165, 1.54) is 11.3 Å². The molecule has 0 saturated heterocycles. The number of aromatic nitrogens is 1. The molecule has 1 aromatic carbocycles. The summed E-state index contributed by atoms with van der Waals surface area (Å²) in [5, 5.41) is 4.83. The summed E-state index contributed by atoms with van der Waals surface area (Å²) >= 11 is 1.43. The summed E-state index contributed by atoms with van der Waals surface area (Å²) in [5.74, 6) is 0.738. The zero-order chi connectivity index (χ0) is 16.1. The van der Waals surface area contributed by atoms with E-state index >= 15 is 0 Å². The Hall–Kier alpha value is -2.66. The molecule has 0 spiro atoms. The van der Waals surface area contributed by atoms with Gasteiger partial charge in [-0.15, -0.1) is 11.3 Å². The molecule has 3 rings (SSSR count). The summed E-state index contributed by atoms with van der Waals surface area (Å²) in [5.41, 5.74) is 2.83. The minimum Gasteiger partial charge on any atom is -0.497 e. The lowest BCUT2D eigenvalue weighted by molar-refractivity contribution is 0.0955. The topological polar surface area (TPSA) is 51.2 Å². The lowest BCUT2D eigenvalue weighted by Gasteiger charge is -2.10. The molecule has 5 heteroatoms. The van der Waals surface area contributed by atoms with E-state index in [1.807, 2.05) is 53.9 Å². The summed E-state index contributed by atoms with van der Waals surface area (Å²) in [6, 6.07) is 15.3. The predicted molar refractivity (Wildman–Crippen MR) is 91.7 cm³/mol. The number of benzene rings is 1. The Morgan fingerprint density at radius 1 is 1.17 bits per heavy atom. The highest BCUT2D eigenvalue weighted by molar-refractivity contribution is 7.12. The second-order valence-electron chi connectivity index (χ2n) is 4.90. The van der Waals surface area contributed by atoms with Crippen molar-refractivity contribution in [1.82, 2.24) is 10.3 Å². The van der Waals surface area contributed by atoms with Gasteiger partial charge in [0, 0.05) is 18.3 Å². The Labute approximate surface area is 138 Å². The molecule has 116 valence electrons. The number of hydrogen-bond acceptors (Lipinski definition) is 4. The third kappa shape index (κ3) is 3.57. The maximum absolute atomic E-state index is 12.1. The Kier molecular flexibility index (Phi) is 4.68. The fraction of sp³-hybridized carbons (Fsp3) is 0.111. The minimum atomic E-state index is -0.0652. The van der Waals surface area contributed by atoms with Crippen molar-refractivity contribution in [3.8, 4) is 17.0 Å². The van der Waals surface area contributed by atoms with Gasteiger partial charge >= 0.3 is 0 Å². The molecular weight excluding hydrogens is 308 g/mol. The molecule has 4 nitrogen and oxygen atoms in total. The van der Waals surface area contributed by atoms with E-state index in [0.29, 0.717) is 11.4 Å². The van der Waals surface area contributed by atoms with E-state index in [9.17, 15) is 4.79 Å². The van der Waals surface area contributed by atoms with Crippen LogP contribution in [0.1, 0.15) is 15.2 Å². The lowest BCUT2D eigenvalue weighted by atomic mass is 10.1. The first kappa shape index (κ1) is 15.2. The van der Waals surface area contributed by atoms with Gasteiger partial charge in [0.25, 0.3) is 5.91 Å². The van der Waals surface area contributed by atoms with Gasteiger partial charge < -0.3 is 10.1 Å². The molecule has 1 N–H and O–H groups in total. The first-order valence-electron chi connectivity index (χ1n) is 7.18. The van der Waals surface area contributed by atoms with Gasteiger partial charge in [0.2, 0.25) is 0 Å². The van der Waals surface area contributed by atoms with Crippen molar-refractivity contribution in [2.45, 2.75) is 6.54 Å². The van der Waals surface area contributed by atoms with Crippen molar-refractivity contribution >= 4 is 17.2 Å². The molecule has 0 saturated carbocycles. The molecule has 0 aliphatic rings. The number of amides is 1. The minimum absolute atomic E-state index is 0.0652. The van der Waals surface area contributed by atoms with Gasteiger partial charge in [0.05, 0.1) is 17.7 Å². The number of carbonyl (C=O) groups excluding carboxylic acids is 1. The van der Waals surface area contributed by atoms with Crippen LogP contribution in [0.15, 0.2) is 60.1 Å². The Morgan fingerprint density at radius 2 is 2.00 bits per heavy atom. The van der Waals surface area contributed by atoms with E-state index in [0.717, 1.165) is 22.6 Å². The molecular formula is C18H16N2O2S. The first-order valence-corrected chi connectivity index (χ1v) is 8.06. The van der Waals surface area contributed by atoms with Gasteiger partial charge in [0.15, 0.2) is 0 Å². The number of hydrogen-bond donors (Lipinski definition) is 1. The number of methoxy groups -OCH3 is 1. The second-order valence-corrected chi connectivity index (χ2v) is 5.85. The van der Waals surface area contributed by atoms with Crippen LogP contribution in [0.2, 0.25) is 0 Å². The van der Waals surface area contributed by atoms with Crippen LogP contribution >= 0.6 is 11.3 Å². The molecule has 1 amide bonds. The number of carbonyl (C=O) groups is 1. The average molecular weight is 324 g/mol. The number of nitrogens with zero attached hydrogens (tertiary/aromatic N) is 1. The van der Waals surface area contributed by atoms with Crippen LogP contribution in [0, 0.1) is 0 Å². The van der Waals surface area contributed by atoms with Gasteiger partial charge in [0.1, 0.15) is 5.75 Å². The molecule has 2 heterocycles. The maximum atomic E-state index is 12.1. The predicted octanol–water partition coefficient (Wildman–Crippen LogP) is 3.75. The van der Waals surface area contributed by atoms with Crippen LogP contribution in [0.25, 0.3) is 11.3 Å². The summed E-state index contributed by atoms with van der Waals surface area (Å²) in [4.78, 5) is 17.2. The van der Waals surface area contributed by atoms with E-state index in [2.05, 4.69) is 10.3 Å². The molecule has 0 bridgehead atoms. The van der Waals surface area contributed by atoms with Crippen molar-refractivity contribution in [2.75, 3.05) is 7.11 Å². The van der Waals surface area contributed by atoms with E-state index in [-0.39, 0.29) is 5.91 Å². The van der Waals surface area contributed by atoms with Crippen LogP contribution in [0.5, 0.6) is 5.75 Å². The van der Waals surface area contributed by atoms with Gasteiger partial charge in [-0.25, -0.2) is 0 Å². The van der Waals surface area contributed by atoms with Crippen LogP contribution in [-0.2, 0) is 6.54 Å². The monoisotopic (exact) mass is 324 g/mol. The highest BCUT2D eigenvalue weighted by Crippen LogP contribution is 2.23. The van der Waals surface area contributed by atoms with Crippen molar-refractivity contribution in [3.05, 3.63) is 70.5 Å². The van der Waals surface area contributed by atoms with Gasteiger partial charge in [-0.05, 0) is 47.3 Å².